The molecule has 2 heteroatoms. The number of hydrogen-bond acceptors (Lipinski definition) is 2. The average Bonchev–Trinajstić information content (AvgIpc) is 1.63. The molecule has 0 radical (unpaired) electrons. The van der Waals surface area contributed by atoms with Gasteiger partial charge >= 0.3 is 0 Å². The highest BCUT2D eigenvalue weighted by atomic mass is 15.0. The van der Waals surface area contributed by atoms with E-state index in [0.717, 1.165) is 5.70 Å². The molecule has 9 heavy (non-hydrogen) atoms. The van der Waals surface area contributed by atoms with Crippen molar-refractivity contribution in [2.75, 3.05) is 0 Å². The lowest BCUT2D eigenvalue weighted by atomic mass is 10.5. The fraction of sp³-hybridized carbons (Fsp3) is 0.143. The molecule has 50 valence electrons. The van der Waals surface area contributed by atoms with E-state index < -0.39 is 0 Å². The Balaban J connectivity index is 3.75. The van der Waals surface area contributed by atoms with Gasteiger partial charge in [0.25, 0.3) is 0 Å². The molecule has 0 rings (SSSR count). The van der Waals surface area contributed by atoms with Crippen LogP contribution in [0, 0.1) is 0 Å². The van der Waals surface area contributed by atoms with Crippen molar-refractivity contribution >= 4 is 0 Å². The Morgan fingerprint density at radius 2 is 2.22 bits per heavy atom. The molecule has 0 amide bonds. The molecule has 0 aromatic carbocycles. The van der Waals surface area contributed by atoms with E-state index >= 15 is 0 Å². The zero-order valence-electron chi connectivity index (χ0n) is 5.65. The molecule has 0 aromatic rings. The van der Waals surface area contributed by atoms with E-state index in [1.807, 2.05) is 6.92 Å². The van der Waals surface area contributed by atoms with Gasteiger partial charge in [-0.25, -0.2) is 0 Å². The van der Waals surface area contributed by atoms with Crippen LogP contribution in [0.25, 0.3) is 0 Å². The first-order valence-corrected chi connectivity index (χ1v) is 2.67. The van der Waals surface area contributed by atoms with E-state index in [1.165, 1.54) is 0 Å². The molecule has 0 saturated heterocycles. The van der Waals surface area contributed by atoms with E-state index in [-0.39, 0.29) is 0 Å². The predicted molar refractivity (Wildman–Crippen MR) is 40.4 cm³/mol. The minimum Gasteiger partial charge on any atom is -0.385 e. The number of rotatable bonds is 3. The first kappa shape index (κ1) is 7.82. The maximum absolute atomic E-state index is 5.40. The van der Waals surface area contributed by atoms with Gasteiger partial charge < -0.3 is 11.1 Å². The van der Waals surface area contributed by atoms with E-state index in [9.17, 15) is 0 Å². The number of nitrogens with two attached hydrogens (primary N) is 1. The molecule has 0 atom stereocenters. The van der Waals surface area contributed by atoms with Crippen molar-refractivity contribution in [3.05, 3.63) is 36.8 Å². The first-order valence-electron chi connectivity index (χ1n) is 2.67. The van der Waals surface area contributed by atoms with E-state index in [2.05, 4.69) is 18.5 Å². The van der Waals surface area contributed by atoms with Crippen molar-refractivity contribution in [3.8, 4) is 0 Å². The van der Waals surface area contributed by atoms with Crippen LogP contribution in [0.4, 0.5) is 0 Å². The van der Waals surface area contributed by atoms with Crippen molar-refractivity contribution in [1.29, 1.82) is 0 Å². The summed E-state index contributed by atoms with van der Waals surface area (Å²) >= 11 is 0. The van der Waals surface area contributed by atoms with E-state index in [0.29, 0.717) is 5.82 Å². The third kappa shape index (κ3) is 4.68. The van der Waals surface area contributed by atoms with Crippen LogP contribution in [-0.2, 0) is 0 Å². The van der Waals surface area contributed by atoms with Crippen LogP contribution in [-0.4, -0.2) is 0 Å². The van der Waals surface area contributed by atoms with Gasteiger partial charge in [0, 0.05) is 5.70 Å². The Morgan fingerprint density at radius 1 is 1.67 bits per heavy atom. The smallest absolute Gasteiger partial charge is 0.100 e. The van der Waals surface area contributed by atoms with Crippen LogP contribution >= 0.6 is 0 Å². The van der Waals surface area contributed by atoms with Crippen molar-refractivity contribution in [2.24, 2.45) is 5.73 Å². The van der Waals surface area contributed by atoms with Crippen LogP contribution in [0.2, 0.25) is 0 Å². The summed E-state index contributed by atoms with van der Waals surface area (Å²) in [6.45, 7) is 8.93. The normalized spacial score (nSPS) is 10.6. The lowest BCUT2D eigenvalue weighted by Crippen LogP contribution is -2.16. The van der Waals surface area contributed by atoms with Crippen LogP contribution in [0.3, 0.4) is 0 Å². The van der Waals surface area contributed by atoms with Crippen molar-refractivity contribution in [1.82, 2.24) is 5.32 Å². The highest BCUT2D eigenvalue weighted by Gasteiger charge is 1.82. The molecule has 0 fully saturated rings. The van der Waals surface area contributed by atoms with Crippen molar-refractivity contribution in [2.45, 2.75) is 6.92 Å². The highest BCUT2D eigenvalue weighted by Crippen LogP contribution is 1.83. The molecule has 0 saturated carbocycles. The van der Waals surface area contributed by atoms with Crippen molar-refractivity contribution in [3.63, 3.8) is 0 Å². The Hall–Kier alpha value is -1.18. The minimum atomic E-state index is 0.567. The van der Waals surface area contributed by atoms with E-state index in [1.54, 1.807) is 12.2 Å². The Morgan fingerprint density at radius 3 is 2.56 bits per heavy atom. The summed E-state index contributed by atoms with van der Waals surface area (Å²) in [5.41, 5.74) is 6.23. The lowest BCUT2D eigenvalue weighted by molar-refractivity contribution is 0.953. The second-order valence-electron chi connectivity index (χ2n) is 1.76. The van der Waals surface area contributed by atoms with Gasteiger partial charge in [-0.15, -0.1) is 0 Å². The third-order valence-electron chi connectivity index (χ3n) is 0.655. The molecule has 0 heterocycles. The van der Waals surface area contributed by atoms with Crippen LogP contribution in [0.5, 0.6) is 0 Å². The van der Waals surface area contributed by atoms with Gasteiger partial charge in [0.05, 0.1) is 0 Å². The second-order valence-corrected chi connectivity index (χ2v) is 1.76. The van der Waals surface area contributed by atoms with Gasteiger partial charge in [0.2, 0.25) is 0 Å². The maximum atomic E-state index is 5.40. The zero-order valence-corrected chi connectivity index (χ0v) is 5.65. The fourth-order valence-electron chi connectivity index (χ4n) is 0.415. The topological polar surface area (TPSA) is 38.0 Å². The summed E-state index contributed by atoms with van der Waals surface area (Å²) < 4.78 is 0. The standard InChI is InChI=1S/C7H12N2/c1-4-5-7(8)9-6(2)3/h4-5,9H,1-2,8H2,3H3/b7-5-. The van der Waals surface area contributed by atoms with Gasteiger partial charge in [-0.05, 0) is 13.0 Å². The fourth-order valence-corrected chi connectivity index (χ4v) is 0.415. The quantitative estimate of drug-likeness (QED) is 0.553. The highest BCUT2D eigenvalue weighted by molar-refractivity contribution is 5.09. The maximum Gasteiger partial charge on any atom is 0.100 e. The second kappa shape index (κ2) is 3.78. The van der Waals surface area contributed by atoms with Gasteiger partial charge in [-0.1, -0.05) is 19.2 Å². The SMILES string of the molecule is C=C/C=C(/N)NC(=C)C. The van der Waals surface area contributed by atoms with Crippen molar-refractivity contribution < 1.29 is 0 Å². The predicted octanol–water partition coefficient (Wildman–Crippen LogP) is 1.10. The summed E-state index contributed by atoms with van der Waals surface area (Å²) in [6, 6.07) is 0. The lowest BCUT2D eigenvalue weighted by Gasteiger charge is -2.01. The molecule has 3 N–H and O–H groups in total. The van der Waals surface area contributed by atoms with Gasteiger partial charge in [-0.2, -0.15) is 0 Å². The van der Waals surface area contributed by atoms with Gasteiger partial charge in [-0.3, -0.25) is 0 Å². The molecule has 0 aliphatic heterocycles. The molecule has 0 spiro atoms. The number of hydrogen-bond donors (Lipinski definition) is 2. The van der Waals surface area contributed by atoms with Crippen LogP contribution in [0.1, 0.15) is 6.92 Å². The van der Waals surface area contributed by atoms with Crippen LogP contribution < -0.4 is 11.1 Å². The molecule has 0 aromatic heterocycles. The third-order valence-corrected chi connectivity index (χ3v) is 0.655. The monoisotopic (exact) mass is 124 g/mol. The summed E-state index contributed by atoms with van der Waals surface area (Å²) in [5, 5.41) is 2.82. The molecule has 2 nitrogen and oxygen atoms in total. The molecule has 0 unspecified atom stereocenters. The Kier molecular flexibility index (Phi) is 3.28. The average molecular weight is 124 g/mol. The summed E-state index contributed by atoms with van der Waals surface area (Å²) in [5.74, 6) is 0.567. The summed E-state index contributed by atoms with van der Waals surface area (Å²) in [7, 11) is 0. The number of allylic oxidation sites excluding steroid dienone is 3. The Labute approximate surface area is 55.7 Å². The first-order chi connectivity index (χ1) is 4.16. The molecular formula is C7H12N2. The zero-order chi connectivity index (χ0) is 7.28. The summed E-state index contributed by atoms with van der Waals surface area (Å²) in [6.07, 6.45) is 3.29. The van der Waals surface area contributed by atoms with E-state index in [4.69, 9.17) is 5.73 Å². The van der Waals surface area contributed by atoms with Crippen LogP contribution in [0.15, 0.2) is 36.8 Å². The largest absolute Gasteiger partial charge is 0.385 e. The molecule has 0 aliphatic carbocycles. The van der Waals surface area contributed by atoms with Gasteiger partial charge in [0.15, 0.2) is 0 Å². The van der Waals surface area contributed by atoms with Gasteiger partial charge in [0.1, 0.15) is 5.82 Å². The summed E-state index contributed by atoms with van der Waals surface area (Å²) in [4.78, 5) is 0. The molecule has 0 aliphatic rings. The molecular weight excluding hydrogens is 112 g/mol. The Bertz CT molecular complexity index is 145. The minimum absolute atomic E-state index is 0.567. The molecule has 0 bridgehead atoms. The number of nitrogens with one attached hydrogen (secondary N) is 1.